The van der Waals surface area contributed by atoms with Crippen LogP contribution >= 0.6 is 0 Å². The Bertz CT molecular complexity index is 927. The molecule has 0 bridgehead atoms. The molecule has 1 aromatic heterocycles. The summed E-state index contributed by atoms with van der Waals surface area (Å²) in [5, 5.41) is 3.84. The van der Waals surface area contributed by atoms with Crippen LogP contribution in [-0.4, -0.2) is 42.1 Å². The number of nitrogens with zero attached hydrogens (tertiary/aromatic N) is 3. The number of piperazine rings is 1. The van der Waals surface area contributed by atoms with Crippen molar-refractivity contribution < 1.29 is 13.7 Å². The summed E-state index contributed by atoms with van der Waals surface area (Å²) < 4.78 is 18.5. The largest absolute Gasteiger partial charge is 0.368 e. The minimum Gasteiger partial charge on any atom is -0.368 e. The Morgan fingerprint density at radius 3 is 2.33 bits per heavy atom. The van der Waals surface area contributed by atoms with Crippen molar-refractivity contribution in [2.75, 3.05) is 31.1 Å². The first-order valence-corrected chi connectivity index (χ1v) is 8.93. The molecule has 2 heterocycles. The van der Waals surface area contributed by atoms with Crippen molar-refractivity contribution in [3.8, 4) is 11.3 Å². The summed E-state index contributed by atoms with van der Waals surface area (Å²) in [7, 11) is 0. The number of halogens is 1. The van der Waals surface area contributed by atoms with E-state index in [0.717, 1.165) is 16.8 Å². The predicted octanol–water partition coefficient (Wildman–Crippen LogP) is 3.75. The van der Waals surface area contributed by atoms with Crippen molar-refractivity contribution >= 4 is 11.6 Å². The number of rotatable bonds is 3. The van der Waals surface area contributed by atoms with E-state index < -0.39 is 0 Å². The van der Waals surface area contributed by atoms with E-state index >= 15 is 0 Å². The fourth-order valence-electron chi connectivity index (χ4n) is 3.30. The zero-order chi connectivity index (χ0) is 18.8. The summed E-state index contributed by atoms with van der Waals surface area (Å²) in [6.45, 7) is 4.59. The van der Waals surface area contributed by atoms with Crippen molar-refractivity contribution in [1.82, 2.24) is 10.1 Å². The molecule has 6 heteroatoms. The maximum atomic E-state index is 13.1. The minimum absolute atomic E-state index is 0.0782. The number of aromatic nitrogens is 1. The van der Waals surface area contributed by atoms with E-state index in [2.05, 4.69) is 10.1 Å². The lowest BCUT2D eigenvalue weighted by atomic mass is 10.1. The van der Waals surface area contributed by atoms with Crippen LogP contribution in [0.15, 0.2) is 59.3 Å². The average molecular weight is 365 g/mol. The topological polar surface area (TPSA) is 49.6 Å². The van der Waals surface area contributed by atoms with Gasteiger partial charge in [0, 0.05) is 37.4 Å². The molecule has 5 nitrogen and oxygen atoms in total. The number of anilines is 1. The smallest absolute Gasteiger partial charge is 0.259 e. The van der Waals surface area contributed by atoms with Crippen LogP contribution in [-0.2, 0) is 0 Å². The Morgan fingerprint density at radius 1 is 1.00 bits per heavy atom. The van der Waals surface area contributed by atoms with Gasteiger partial charge in [-0.1, -0.05) is 35.0 Å². The van der Waals surface area contributed by atoms with Crippen LogP contribution in [0.2, 0.25) is 0 Å². The van der Waals surface area contributed by atoms with E-state index in [-0.39, 0.29) is 11.7 Å². The second kappa shape index (κ2) is 7.23. The van der Waals surface area contributed by atoms with Gasteiger partial charge in [-0.15, -0.1) is 0 Å². The van der Waals surface area contributed by atoms with Crippen molar-refractivity contribution in [2.24, 2.45) is 0 Å². The Hall–Kier alpha value is -3.15. The normalized spacial score (nSPS) is 14.4. The van der Waals surface area contributed by atoms with Gasteiger partial charge in [-0.05, 0) is 31.2 Å². The highest BCUT2D eigenvalue weighted by atomic mass is 19.1. The molecule has 0 aliphatic carbocycles. The first-order chi connectivity index (χ1) is 13.1. The zero-order valence-corrected chi connectivity index (χ0v) is 15.1. The molecule has 4 rings (SSSR count). The Kier molecular flexibility index (Phi) is 4.62. The van der Waals surface area contributed by atoms with Crippen LogP contribution in [0.1, 0.15) is 15.9 Å². The van der Waals surface area contributed by atoms with Crippen LogP contribution < -0.4 is 4.90 Å². The number of benzene rings is 2. The van der Waals surface area contributed by atoms with Crippen LogP contribution in [0, 0.1) is 12.7 Å². The molecule has 0 radical (unpaired) electrons. The molecule has 27 heavy (non-hydrogen) atoms. The number of hydrogen-bond acceptors (Lipinski definition) is 4. The molecular formula is C21H20FN3O2. The lowest BCUT2D eigenvalue weighted by Gasteiger charge is -2.36. The van der Waals surface area contributed by atoms with E-state index in [4.69, 9.17) is 4.52 Å². The third kappa shape index (κ3) is 3.56. The standard InChI is InChI=1S/C21H20FN3O2/c1-15-2-4-16(5-3-15)20-19(14-23-27-20)21(26)25-12-10-24(11-13-25)18-8-6-17(22)7-9-18/h2-9,14H,10-13H2,1H3. The molecular weight excluding hydrogens is 345 g/mol. The maximum absolute atomic E-state index is 13.1. The van der Waals surface area contributed by atoms with Gasteiger partial charge in [0.05, 0.1) is 6.20 Å². The summed E-state index contributed by atoms with van der Waals surface area (Å²) in [5.41, 5.74) is 3.43. The number of aryl methyl sites for hydroxylation is 1. The third-order valence-electron chi connectivity index (χ3n) is 4.87. The molecule has 1 saturated heterocycles. The summed E-state index contributed by atoms with van der Waals surface area (Å²) in [5.74, 6) is 0.176. The number of amides is 1. The van der Waals surface area contributed by atoms with Crippen molar-refractivity contribution in [2.45, 2.75) is 6.92 Å². The van der Waals surface area contributed by atoms with Crippen LogP contribution in [0.4, 0.5) is 10.1 Å². The fourth-order valence-corrected chi connectivity index (χ4v) is 3.30. The molecule has 0 saturated carbocycles. The summed E-state index contributed by atoms with van der Waals surface area (Å²) in [4.78, 5) is 16.9. The van der Waals surface area contributed by atoms with E-state index in [1.807, 2.05) is 36.1 Å². The van der Waals surface area contributed by atoms with E-state index in [1.54, 1.807) is 12.1 Å². The SMILES string of the molecule is Cc1ccc(-c2oncc2C(=O)N2CCN(c3ccc(F)cc3)CC2)cc1. The lowest BCUT2D eigenvalue weighted by molar-refractivity contribution is 0.0747. The van der Waals surface area contributed by atoms with Gasteiger partial charge in [0.1, 0.15) is 11.4 Å². The molecule has 1 amide bonds. The quantitative estimate of drug-likeness (QED) is 0.709. The average Bonchev–Trinajstić information content (AvgIpc) is 3.18. The second-order valence-electron chi connectivity index (χ2n) is 6.69. The zero-order valence-electron chi connectivity index (χ0n) is 15.1. The van der Waals surface area contributed by atoms with Crippen LogP contribution in [0.5, 0.6) is 0 Å². The molecule has 0 atom stereocenters. The number of hydrogen-bond donors (Lipinski definition) is 0. The van der Waals surface area contributed by atoms with Crippen molar-refractivity contribution in [1.29, 1.82) is 0 Å². The van der Waals surface area contributed by atoms with Gasteiger partial charge in [-0.25, -0.2) is 4.39 Å². The first-order valence-electron chi connectivity index (χ1n) is 8.93. The van der Waals surface area contributed by atoms with Gasteiger partial charge in [0.15, 0.2) is 5.76 Å². The van der Waals surface area contributed by atoms with Gasteiger partial charge in [0.25, 0.3) is 5.91 Å². The van der Waals surface area contributed by atoms with Gasteiger partial charge in [-0.2, -0.15) is 0 Å². The monoisotopic (exact) mass is 365 g/mol. The molecule has 0 N–H and O–H groups in total. The van der Waals surface area contributed by atoms with Crippen LogP contribution in [0.25, 0.3) is 11.3 Å². The number of carbonyl (C=O) groups is 1. The van der Waals surface area contributed by atoms with E-state index in [0.29, 0.717) is 37.5 Å². The highest BCUT2D eigenvalue weighted by Crippen LogP contribution is 2.26. The Balaban J connectivity index is 1.46. The van der Waals surface area contributed by atoms with E-state index in [9.17, 15) is 9.18 Å². The molecule has 0 spiro atoms. The summed E-state index contributed by atoms with van der Waals surface area (Å²) in [6.07, 6.45) is 1.49. The molecule has 3 aromatic rings. The van der Waals surface area contributed by atoms with Crippen LogP contribution in [0.3, 0.4) is 0 Å². The number of carbonyl (C=O) groups excluding carboxylic acids is 1. The van der Waals surface area contributed by atoms with Gasteiger partial charge in [0.2, 0.25) is 0 Å². The highest BCUT2D eigenvalue weighted by Gasteiger charge is 2.26. The summed E-state index contributed by atoms with van der Waals surface area (Å²) in [6, 6.07) is 14.3. The minimum atomic E-state index is -0.247. The van der Waals surface area contributed by atoms with Gasteiger partial charge >= 0.3 is 0 Å². The van der Waals surface area contributed by atoms with E-state index in [1.165, 1.54) is 18.3 Å². The lowest BCUT2D eigenvalue weighted by Crippen LogP contribution is -2.48. The molecule has 1 fully saturated rings. The molecule has 138 valence electrons. The highest BCUT2D eigenvalue weighted by molar-refractivity contribution is 5.99. The molecule has 1 aliphatic heterocycles. The summed E-state index contributed by atoms with van der Waals surface area (Å²) >= 11 is 0. The second-order valence-corrected chi connectivity index (χ2v) is 6.69. The fraction of sp³-hybridized carbons (Fsp3) is 0.238. The van der Waals surface area contributed by atoms with Crippen molar-refractivity contribution in [3.63, 3.8) is 0 Å². The Morgan fingerprint density at radius 2 is 1.67 bits per heavy atom. The van der Waals surface area contributed by atoms with Gasteiger partial charge in [-0.3, -0.25) is 4.79 Å². The van der Waals surface area contributed by atoms with Gasteiger partial charge < -0.3 is 14.3 Å². The predicted molar refractivity (Wildman–Crippen MR) is 101 cm³/mol. The molecule has 1 aliphatic rings. The maximum Gasteiger partial charge on any atom is 0.259 e. The first kappa shape index (κ1) is 17.3. The third-order valence-corrected chi connectivity index (χ3v) is 4.87. The van der Waals surface area contributed by atoms with Crippen molar-refractivity contribution in [3.05, 3.63) is 71.7 Å². The molecule has 0 unspecified atom stereocenters. The Labute approximate surface area is 157 Å². The molecule has 2 aromatic carbocycles.